The Bertz CT molecular complexity index is 431. The largest absolute Gasteiger partial charge is 0.391 e. The van der Waals surface area contributed by atoms with E-state index in [4.69, 9.17) is 0 Å². The van der Waals surface area contributed by atoms with Crippen LogP contribution >= 0.6 is 0 Å². The second-order valence-electron chi connectivity index (χ2n) is 5.33. The number of rotatable bonds is 5. The minimum absolute atomic E-state index is 0.0428. The molecule has 0 aliphatic heterocycles. The molecule has 2 N–H and O–H groups in total. The van der Waals surface area contributed by atoms with Crippen LogP contribution in [-0.4, -0.2) is 23.7 Å². The topological polar surface area (TPSA) is 49.3 Å². The monoisotopic (exact) mass is 261 g/mol. The highest BCUT2D eigenvalue weighted by Crippen LogP contribution is 2.31. The standard InChI is InChI=1S/C16H23NO2/c1-2-6-13(18)11-17-16(19)15-10-5-8-12-7-3-4-9-14(12)15/h3-4,7,9,13,15,18H,2,5-6,8,10-11H2,1H3,(H,17,19). The summed E-state index contributed by atoms with van der Waals surface area (Å²) in [5.74, 6) is 0.0149. The molecule has 0 aromatic heterocycles. The van der Waals surface area contributed by atoms with Crippen molar-refractivity contribution < 1.29 is 9.90 Å². The maximum atomic E-state index is 12.2. The lowest BCUT2D eigenvalue weighted by molar-refractivity contribution is -0.123. The van der Waals surface area contributed by atoms with Gasteiger partial charge in [-0.2, -0.15) is 0 Å². The minimum atomic E-state index is -0.423. The van der Waals surface area contributed by atoms with E-state index in [2.05, 4.69) is 17.4 Å². The SMILES string of the molecule is CCCC(O)CNC(=O)C1CCCc2ccccc21. The summed E-state index contributed by atoms with van der Waals surface area (Å²) in [5.41, 5.74) is 2.46. The molecule has 1 aliphatic rings. The van der Waals surface area contributed by atoms with Gasteiger partial charge in [-0.15, -0.1) is 0 Å². The number of benzene rings is 1. The van der Waals surface area contributed by atoms with E-state index in [1.807, 2.05) is 19.1 Å². The van der Waals surface area contributed by atoms with Crippen molar-refractivity contribution in [1.82, 2.24) is 5.32 Å². The molecule has 0 saturated carbocycles. The van der Waals surface area contributed by atoms with Gasteiger partial charge < -0.3 is 10.4 Å². The summed E-state index contributed by atoms with van der Waals surface area (Å²) in [6.07, 6.45) is 4.29. The van der Waals surface area contributed by atoms with Gasteiger partial charge in [-0.25, -0.2) is 0 Å². The number of aryl methyl sites for hydroxylation is 1. The zero-order valence-electron chi connectivity index (χ0n) is 11.6. The number of carbonyl (C=O) groups excluding carboxylic acids is 1. The lowest BCUT2D eigenvalue weighted by atomic mass is 9.82. The van der Waals surface area contributed by atoms with Crippen molar-refractivity contribution in [3.8, 4) is 0 Å². The molecular weight excluding hydrogens is 238 g/mol. The van der Waals surface area contributed by atoms with Crippen LogP contribution in [0.2, 0.25) is 0 Å². The number of fused-ring (bicyclic) bond motifs is 1. The van der Waals surface area contributed by atoms with Crippen LogP contribution in [0, 0.1) is 0 Å². The van der Waals surface area contributed by atoms with Crippen LogP contribution in [0.1, 0.15) is 49.7 Å². The molecule has 19 heavy (non-hydrogen) atoms. The van der Waals surface area contributed by atoms with Crippen molar-refractivity contribution in [2.75, 3.05) is 6.54 Å². The summed E-state index contributed by atoms with van der Waals surface area (Å²) in [6, 6.07) is 8.20. The molecule has 1 amide bonds. The molecule has 1 aliphatic carbocycles. The lowest BCUT2D eigenvalue weighted by Gasteiger charge is -2.25. The maximum absolute atomic E-state index is 12.2. The van der Waals surface area contributed by atoms with E-state index in [1.165, 1.54) is 5.56 Å². The Hall–Kier alpha value is -1.35. The van der Waals surface area contributed by atoms with Gasteiger partial charge in [0.1, 0.15) is 0 Å². The van der Waals surface area contributed by atoms with Gasteiger partial charge in [0.15, 0.2) is 0 Å². The van der Waals surface area contributed by atoms with Crippen molar-refractivity contribution >= 4 is 5.91 Å². The van der Waals surface area contributed by atoms with Crippen LogP contribution in [0.3, 0.4) is 0 Å². The molecule has 0 spiro atoms. The predicted molar refractivity (Wildman–Crippen MR) is 76.0 cm³/mol. The summed E-state index contributed by atoms with van der Waals surface area (Å²) >= 11 is 0. The van der Waals surface area contributed by atoms with E-state index in [1.54, 1.807) is 0 Å². The fraction of sp³-hybridized carbons (Fsp3) is 0.562. The van der Waals surface area contributed by atoms with Crippen molar-refractivity contribution in [2.24, 2.45) is 0 Å². The molecule has 0 bridgehead atoms. The van der Waals surface area contributed by atoms with E-state index in [0.717, 1.165) is 37.7 Å². The van der Waals surface area contributed by atoms with Gasteiger partial charge in [-0.05, 0) is 36.8 Å². The number of aliphatic hydroxyl groups is 1. The molecule has 1 aromatic rings. The second-order valence-corrected chi connectivity index (χ2v) is 5.33. The number of aliphatic hydroxyl groups excluding tert-OH is 1. The highest BCUT2D eigenvalue weighted by molar-refractivity contribution is 5.84. The molecule has 0 heterocycles. The summed E-state index contributed by atoms with van der Waals surface area (Å²) < 4.78 is 0. The molecule has 104 valence electrons. The Morgan fingerprint density at radius 1 is 1.47 bits per heavy atom. The normalized spacial score (nSPS) is 19.6. The summed E-state index contributed by atoms with van der Waals surface area (Å²) in [4.78, 5) is 12.2. The molecule has 2 rings (SSSR count). The molecule has 3 nitrogen and oxygen atoms in total. The van der Waals surface area contributed by atoms with Gasteiger partial charge in [-0.1, -0.05) is 37.6 Å². The predicted octanol–water partition coefficient (Wildman–Crippen LogP) is 2.38. The van der Waals surface area contributed by atoms with Crippen molar-refractivity contribution in [1.29, 1.82) is 0 Å². The molecular formula is C16H23NO2. The van der Waals surface area contributed by atoms with Crippen LogP contribution in [-0.2, 0) is 11.2 Å². The van der Waals surface area contributed by atoms with E-state index in [9.17, 15) is 9.90 Å². The average molecular weight is 261 g/mol. The summed E-state index contributed by atoms with van der Waals surface area (Å²) in [6.45, 7) is 2.40. The zero-order chi connectivity index (χ0) is 13.7. The van der Waals surface area contributed by atoms with Gasteiger partial charge in [0.25, 0.3) is 0 Å². The molecule has 2 unspecified atom stereocenters. The van der Waals surface area contributed by atoms with Crippen LogP contribution < -0.4 is 5.32 Å². The fourth-order valence-corrected chi connectivity index (χ4v) is 2.80. The Labute approximate surface area is 115 Å². The number of hydrogen-bond acceptors (Lipinski definition) is 2. The van der Waals surface area contributed by atoms with Crippen molar-refractivity contribution in [2.45, 2.75) is 51.0 Å². The summed E-state index contributed by atoms with van der Waals surface area (Å²) in [7, 11) is 0. The number of carbonyl (C=O) groups is 1. The van der Waals surface area contributed by atoms with Crippen LogP contribution in [0.5, 0.6) is 0 Å². The first-order valence-corrected chi connectivity index (χ1v) is 7.26. The third-order valence-electron chi connectivity index (χ3n) is 3.82. The van der Waals surface area contributed by atoms with E-state index in [0.29, 0.717) is 6.54 Å². The summed E-state index contributed by atoms with van der Waals surface area (Å²) in [5, 5.41) is 12.6. The van der Waals surface area contributed by atoms with Gasteiger partial charge in [-0.3, -0.25) is 4.79 Å². The first-order valence-electron chi connectivity index (χ1n) is 7.26. The molecule has 3 heteroatoms. The van der Waals surface area contributed by atoms with Crippen LogP contribution in [0.25, 0.3) is 0 Å². The second kappa shape index (κ2) is 6.71. The maximum Gasteiger partial charge on any atom is 0.227 e. The third kappa shape index (κ3) is 3.57. The average Bonchev–Trinajstić information content (AvgIpc) is 2.44. The zero-order valence-corrected chi connectivity index (χ0v) is 11.6. The Kier molecular flexibility index (Phi) is 4.97. The van der Waals surface area contributed by atoms with Gasteiger partial charge >= 0.3 is 0 Å². The molecule has 0 radical (unpaired) electrons. The van der Waals surface area contributed by atoms with Crippen molar-refractivity contribution in [3.63, 3.8) is 0 Å². The molecule has 1 aromatic carbocycles. The third-order valence-corrected chi connectivity index (χ3v) is 3.82. The molecule has 0 fully saturated rings. The molecule has 2 atom stereocenters. The van der Waals surface area contributed by atoms with E-state index >= 15 is 0 Å². The fourth-order valence-electron chi connectivity index (χ4n) is 2.80. The first kappa shape index (κ1) is 14.1. The Morgan fingerprint density at radius 2 is 2.26 bits per heavy atom. The number of hydrogen-bond donors (Lipinski definition) is 2. The highest BCUT2D eigenvalue weighted by atomic mass is 16.3. The lowest BCUT2D eigenvalue weighted by Crippen LogP contribution is -2.36. The van der Waals surface area contributed by atoms with E-state index in [-0.39, 0.29) is 11.8 Å². The quantitative estimate of drug-likeness (QED) is 0.855. The van der Waals surface area contributed by atoms with Gasteiger partial charge in [0.2, 0.25) is 5.91 Å². The molecule has 0 saturated heterocycles. The van der Waals surface area contributed by atoms with Gasteiger partial charge in [0, 0.05) is 6.54 Å². The van der Waals surface area contributed by atoms with Crippen LogP contribution in [0.4, 0.5) is 0 Å². The number of amides is 1. The van der Waals surface area contributed by atoms with Crippen LogP contribution in [0.15, 0.2) is 24.3 Å². The smallest absolute Gasteiger partial charge is 0.227 e. The Balaban J connectivity index is 1.97. The van der Waals surface area contributed by atoms with Gasteiger partial charge in [0.05, 0.1) is 12.0 Å². The van der Waals surface area contributed by atoms with E-state index < -0.39 is 6.10 Å². The Morgan fingerprint density at radius 3 is 3.05 bits per heavy atom. The highest BCUT2D eigenvalue weighted by Gasteiger charge is 2.26. The van der Waals surface area contributed by atoms with Crippen molar-refractivity contribution in [3.05, 3.63) is 35.4 Å². The first-order chi connectivity index (χ1) is 9.22. The minimum Gasteiger partial charge on any atom is -0.391 e. The number of nitrogens with one attached hydrogen (secondary N) is 1.